The number of allylic oxidation sites excluding steroid dienone is 5. The van der Waals surface area contributed by atoms with Gasteiger partial charge >= 0.3 is 0 Å². The van der Waals surface area contributed by atoms with E-state index in [0.717, 1.165) is 34.2 Å². The third-order valence-electron chi connectivity index (χ3n) is 6.10. The average Bonchev–Trinajstić information content (AvgIpc) is 3.35. The maximum Gasteiger partial charge on any atom is 0.255 e. The van der Waals surface area contributed by atoms with Gasteiger partial charge in [0, 0.05) is 28.4 Å². The molecule has 0 fully saturated rings. The summed E-state index contributed by atoms with van der Waals surface area (Å²) in [6.45, 7) is 7.90. The van der Waals surface area contributed by atoms with Crippen molar-refractivity contribution in [1.29, 1.82) is 5.41 Å². The lowest BCUT2D eigenvalue weighted by Crippen LogP contribution is -2.13. The first-order valence-electron chi connectivity index (χ1n) is 12.1. The normalized spacial score (nSPS) is 12.6. The fourth-order valence-corrected chi connectivity index (χ4v) is 3.98. The summed E-state index contributed by atoms with van der Waals surface area (Å²) in [5.41, 5.74) is 5.74. The topological polar surface area (TPSA) is 81.6 Å². The van der Waals surface area contributed by atoms with Crippen molar-refractivity contribution in [3.8, 4) is 11.4 Å². The van der Waals surface area contributed by atoms with E-state index in [4.69, 9.17) is 5.41 Å². The number of aromatic nitrogens is 2. The summed E-state index contributed by atoms with van der Waals surface area (Å²) in [5.74, 6) is -0.0461. The second-order valence-electron chi connectivity index (χ2n) is 8.70. The molecule has 1 heterocycles. The van der Waals surface area contributed by atoms with E-state index in [0.29, 0.717) is 22.8 Å². The monoisotopic (exact) mass is 492 g/mol. The number of nitrogens with zero attached hydrogens (tertiary/aromatic N) is 1. The van der Waals surface area contributed by atoms with E-state index < -0.39 is 0 Å². The van der Waals surface area contributed by atoms with E-state index in [-0.39, 0.29) is 17.6 Å². The first-order valence-corrected chi connectivity index (χ1v) is 12.1. The molecule has 0 spiro atoms. The second-order valence-corrected chi connectivity index (χ2v) is 8.70. The van der Waals surface area contributed by atoms with E-state index in [1.165, 1.54) is 24.3 Å². The van der Waals surface area contributed by atoms with Crippen LogP contribution in [0.25, 0.3) is 22.4 Å². The predicted molar refractivity (Wildman–Crippen MR) is 150 cm³/mol. The van der Waals surface area contributed by atoms with Crippen molar-refractivity contribution in [3.63, 3.8) is 0 Å². The molecule has 0 unspecified atom stereocenters. The smallest absolute Gasteiger partial charge is 0.255 e. The molecule has 6 heteroatoms. The van der Waals surface area contributed by atoms with Gasteiger partial charge in [-0.15, -0.1) is 0 Å². The quantitative estimate of drug-likeness (QED) is 0.165. The number of amides is 1. The molecular formula is C31H29FN4O. The number of H-pyrrole nitrogens is 1. The summed E-state index contributed by atoms with van der Waals surface area (Å²) >= 11 is 0. The third-order valence-corrected chi connectivity index (χ3v) is 6.10. The Bertz CT molecular complexity index is 1490. The highest BCUT2D eigenvalue weighted by atomic mass is 19.1. The molecule has 1 amide bonds. The molecule has 1 atom stereocenters. The number of benzene rings is 3. The number of carbonyl (C=O) groups is 1. The SMILES string of the molecule is C=C/C=C(\C=C/CC)[C@@H](C)C(=N)c1ccc(-c2nc3ccc(C(=O)Nc4ccc(F)cc4)cc3[nH]2)cc1. The number of halogens is 1. The molecule has 4 aromatic rings. The van der Waals surface area contributed by atoms with Crippen molar-refractivity contribution in [2.24, 2.45) is 5.92 Å². The first-order chi connectivity index (χ1) is 17.9. The zero-order valence-electron chi connectivity index (χ0n) is 20.9. The molecule has 3 N–H and O–H groups in total. The zero-order chi connectivity index (χ0) is 26.4. The van der Waals surface area contributed by atoms with Gasteiger partial charge in [0.15, 0.2) is 0 Å². The highest BCUT2D eigenvalue weighted by Gasteiger charge is 2.15. The lowest BCUT2D eigenvalue weighted by molar-refractivity contribution is 0.102. The van der Waals surface area contributed by atoms with Gasteiger partial charge in [-0.2, -0.15) is 0 Å². The van der Waals surface area contributed by atoms with Gasteiger partial charge in [0.1, 0.15) is 11.6 Å². The minimum Gasteiger partial charge on any atom is -0.338 e. The molecule has 0 aliphatic rings. The van der Waals surface area contributed by atoms with Crippen LogP contribution < -0.4 is 5.32 Å². The lowest BCUT2D eigenvalue weighted by atomic mass is 9.90. The van der Waals surface area contributed by atoms with Crippen LogP contribution >= 0.6 is 0 Å². The third kappa shape index (κ3) is 5.98. The van der Waals surface area contributed by atoms with Gasteiger partial charge in [0.05, 0.1) is 11.0 Å². The number of nitrogens with one attached hydrogen (secondary N) is 3. The number of anilines is 1. The Balaban J connectivity index is 1.52. The van der Waals surface area contributed by atoms with Crippen molar-refractivity contribution in [2.75, 3.05) is 5.32 Å². The molecule has 0 aliphatic heterocycles. The summed E-state index contributed by atoms with van der Waals surface area (Å²) < 4.78 is 13.1. The van der Waals surface area contributed by atoms with Gasteiger partial charge in [-0.3, -0.25) is 4.79 Å². The Morgan fingerprint density at radius 2 is 1.81 bits per heavy atom. The summed E-state index contributed by atoms with van der Waals surface area (Å²) in [7, 11) is 0. The van der Waals surface area contributed by atoms with E-state index >= 15 is 0 Å². The molecule has 186 valence electrons. The fourth-order valence-electron chi connectivity index (χ4n) is 3.98. The molecule has 5 nitrogen and oxygen atoms in total. The maximum absolute atomic E-state index is 13.1. The predicted octanol–water partition coefficient (Wildman–Crippen LogP) is 7.70. The number of imidazole rings is 1. The van der Waals surface area contributed by atoms with Gasteiger partial charge in [-0.25, -0.2) is 9.37 Å². The summed E-state index contributed by atoms with van der Waals surface area (Å²) in [5, 5.41) is 11.5. The van der Waals surface area contributed by atoms with Crippen LogP contribution in [0.15, 0.2) is 103 Å². The molecule has 3 aromatic carbocycles. The van der Waals surface area contributed by atoms with Crippen molar-refractivity contribution in [1.82, 2.24) is 9.97 Å². The second kappa shape index (κ2) is 11.4. The lowest BCUT2D eigenvalue weighted by Gasteiger charge is -2.15. The average molecular weight is 493 g/mol. The van der Waals surface area contributed by atoms with Crippen molar-refractivity contribution in [2.45, 2.75) is 20.3 Å². The first kappa shape index (κ1) is 25.5. The van der Waals surface area contributed by atoms with Gasteiger partial charge < -0.3 is 15.7 Å². The minimum atomic E-state index is -0.359. The summed E-state index contributed by atoms with van der Waals surface area (Å²) in [6.07, 6.45) is 8.77. The van der Waals surface area contributed by atoms with Crippen LogP contribution in [0.4, 0.5) is 10.1 Å². The Morgan fingerprint density at radius 3 is 2.49 bits per heavy atom. The van der Waals surface area contributed by atoms with Gasteiger partial charge in [0.25, 0.3) is 5.91 Å². The molecule has 37 heavy (non-hydrogen) atoms. The number of carbonyl (C=O) groups excluding carboxylic acids is 1. The standard InChI is InChI=1S/C31H29FN4O/c1-4-6-8-21(7-5-2)20(3)29(33)22-9-11-23(12-10-22)30-35-27-18-13-24(19-28(27)36-30)31(37)34-26-16-14-25(32)15-17-26/h5-20,33H,2,4H2,1,3H3,(H,34,37)(H,35,36)/b8-6-,21-7+,33-29?/t20-/m1/s1. The summed E-state index contributed by atoms with van der Waals surface area (Å²) in [6, 6.07) is 18.6. The van der Waals surface area contributed by atoms with Crippen LogP contribution in [0, 0.1) is 17.1 Å². The van der Waals surface area contributed by atoms with Crippen molar-refractivity contribution in [3.05, 3.63) is 120 Å². The van der Waals surface area contributed by atoms with E-state index in [1.807, 2.05) is 37.3 Å². The fraction of sp³-hybridized carbons (Fsp3) is 0.129. The maximum atomic E-state index is 13.1. The Labute approximate surface area is 216 Å². The number of hydrogen-bond acceptors (Lipinski definition) is 3. The molecule has 0 saturated heterocycles. The van der Waals surface area contributed by atoms with E-state index in [9.17, 15) is 9.18 Å². The van der Waals surface area contributed by atoms with Crippen molar-refractivity contribution >= 4 is 28.3 Å². The van der Waals surface area contributed by atoms with E-state index in [1.54, 1.807) is 24.3 Å². The molecule has 0 radical (unpaired) electrons. The molecular weight excluding hydrogens is 463 g/mol. The summed E-state index contributed by atoms with van der Waals surface area (Å²) in [4.78, 5) is 20.6. The highest BCUT2D eigenvalue weighted by Crippen LogP contribution is 2.24. The molecule has 4 rings (SSSR count). The zero-order valence-corrected chi connectivity index (χ0v) is 20.9. The Hall–Kier alpha value is -4.58. The Morgan fingerprint density at radius 1 is 1.11 bits per heavy atom. The number of rotatable bonds is 9. The van der Waals surface area contributed by atoms with Gasteiger partial charge in [-0.05, 0) is 60.0 Å². The highest BCUT2D eigenvalue weighted by molar-refractivity contribution is 6.06. The number of hydrogen-bond donors (Lipinski definition) is 3. The molecule has 0 aliphatic carbocycles. The van der Waals surface area contributed by atoms with Crippen LogP contribution in [0.3, 0.4) is 0 Å². The minimum absolute atomic E-state index is 0.0719. The molecule has 1 aromatic heterocycles. The van der Waals surface area contributed by atoms with E-state index in [2.05, 4.69) is 40.9 Å². The van der Waals surface area contributed by atoms with Crippen LogP contribution in [0.2, 0.25) is 0 Å². The molecule has 0 bridgehead atoms. The van der Waals surface area contributed by atoms with Crippen LogP contribution in [0.1, 0.15) is 36.2 Å². The molecule has 0 saturated carbocycles. The Kier molecular flexibility index (Phi) is 7.89. The number of fused-ring (bicyclic) bond motifs is 1. The van der Waals surface area contributed by atoms with Crippen LogP contribution in [-0.4, -0.2) is 21.6 Å². The van der Waals surface area contributed by atoms with Gasteiger partial charge in [-0.1, -0.05) is 69.0 Å². The van der Waals surface area contributed by atoms with Crippen molar-refractivity contribution < 1.29 is 9.18 Å². The largest absolute Gasteiger partial charge is 0.338 e. The van der Waals surface area contributed by atoms with Crippen LogP contribution in [-0.2, 0) is 0 Å². The van der Waals surface area contributed by atoms with Crippen LogP contribution in [0.5, 0.6) is 0 Å². The van der Waals surface area contributed by atoms with Gasteiger partial charge in [0.2, 0.25) is 0 Å². The number of aromatic amines is 1.